The van der Waals surface area contributed by atoms with Crippen LogP contribution in [0.15, 0.2) is 53.4 Å². The molecule has 0 atom stereocenters. The monoisotopic (exact) mass is 298 g/mol. The lowest BCUT2D eigenvalue weighted by Gasteiger charge is -2.07. The van der Waals surface area contributed by atoms with Gasteiger partial charge in [-0.3, -0.25) is 0 Å². The second kappa shape index (κ2) is 8.35. The predicted octanol–water partition coefficient (Wildman–Crippen LogP) is 3.45. The van der Waals surface area contributed by atoms with E-state index in [4.69, 9.17) is 10.00 Å². The molecule has 0 aliphatic heterocycles. The van der Waals surface area contributed by atoms with Crippen molar-refractivity contribution in [2.24, 2.45) is 0 Å². The van der Waals surface area contributed by atoms with Crippen molar-refractivity contribution in [1.82, 2.24) is 5.32 Å². The van der Waals surface area contributed by atoms with E-state index in [1.165, 1.54) is 4.90 Å². The summed E-state index contributed by atoms with van der Waals surface area (Å²) in [6.45, 7) is 1.68. The minimum absolute atomic E-state index is 0.579. The fraction of sp³-hybridized carbons (Fsp3) is 0.235. The number of nitrogens with zero attached hydrogens (tertiary/aromatic N) is 1. The molecule has 0 radical (unpaired) electrons. The number of rotatable bonds is 7. The summed E-state index contributed by atoms with van der Waals surface area (Å²) < 4.78 is 5.14. The zero-order chi connectivity index (χ0) is 14.9. The van der Waals surface area contributed by atoms with E-state index < -0.39 is 0 Å². The van der Waals surface area contributed by atoms with E-state index in [1.807, 2.05) is 36.0 Å². The van der Waals surface area contributed by atoms with Crippen LogP contribution in [0.4, 0.5) is 0 Å². The van der Waals surface area contributed by atoms with Gasteiger partial charge in [0.1, 0.15) is 11.8 Å². The molecule has 2 aromatic carbocycles. The van der Waals surface area contributed by atoms with Crippen LogP contribution in [0.3, 0.4) is 0 Å². The maximum atomic E-state index is 9.06. The summed E-state index contributed by atoms with van der Waals surface area (Å²) in [7, 11) is 1.58. The Morgan fingerprint density at radius 1 is 1.19 bits per heavy atom. The third kappa shape index (κ3) is 4.82. The topological polar surface area (TPSA) is 45.0 Å². The molecule has 0 amide bonds. The highest BCUT2D eigenvalue weighted by molar-refractivity contribution is 7.99. The Bertz CT molecular complexity index is 608. The minimum Gasteiger partial charge on any atom is -0.495 e. The molecule has 0 heterocycles. The van der Waals surface area contributed by atoms with E-state index in [2.05, 4.69) is 35.7 Å². The quantitative estimate of drug-likeness (QED) is 0.628. The standard InChI is InChI=1S/C17H18N2OS/c1-20-17-8-7-14(11-15(17)12-18)13-19-9-10-21-16-5-3-2-4-6-16/h2-8,11,19H,9-10,13H2,1H3. The van der Waals surface area contributed by atoms with Crippen LogP contribution < -0.4 is 10.1 Å². The van der Waals surface area contributed by atoms with Crippen molar-refractivity contribution in [1.29, 1.82) is 5.26 Å². The molecule has 0 spiro atoms. The van der Waals surface area contributed by atoms with E-state index >= 15 is 0 Å². The summed E-state index contributed by atoms with van der Waals surface area (Å²) in [6.07, 6.45) is 0. The molecule has 0 aliphatic rings. The zero-order valence-electron chi connectivity index (χ0n) is 12.0. The average molecular weight is 298 g/mol. The number of nitrogens with one attached hydrogen (secondary N) is 1. The lowest BCUT2D eigenvalue weighted by molar-refractivity contribution is 0.413. The molecule has 2 aromatic rings. The van der Waals surface area contributed by atoms with Gasteiger partial charge in [-0.2, -0.15) is 5.26 Å². The fourth-order valence-corrected chi connectivity index (χ4v) is 2.77. The molecule has 4 heteroatoms. The summed E-state index contributed by atoms with van der Waals surface area (Å²) >= 11 is 1.83. The van der Waals surface area contributed by atoms with Crippen molar-refractivity contribution < 1.29 is 4.74 Å². The van der Waals surface area contributed by atoms with Gasteiger partial charge in [-0.15, -0.1) is 11.8 Å². The van der Waals surface area contributed by atoms with Crippen LogP contribution in [0.25, 0.3) is 0 Å². The third-order valence-corrected chi connectivity index (χ3v) is 4.02. The number of ether oxygens (including phenoxy) is 1. The Morgan fingerprint density at radius 3 is 2.71 bits per heavy atom. The normalized spacial score (nSPS) is 10.1. The van der Waals surface area contributed by atoms with E-state index in [0.717, 1.165) is 24.4 Å². The highest BCUT2D eigenvalue weighted by Crippen LogP contribution is 2.19. The van der Waals surface area contributed by atoms with Crippen LogP contribution in [0.2, 0.25) is 0 Å². The van der Waals surface area contributed by atoms with Gasteiger partial charge in [0.2, 0.25) is 0 Å². The highest BCUT2D eigenvalue weighted by Gasteiger charge is 2.03. The summed E-state index contributed by atoms with van der Waals surface area (Å²) in [5, 5.41) is 12.4. The zero-order valence-corrected chi connectivity index (χ0v) is 12.8. The van der Waals surface area contributed by atoms with Gasteiger partial charge >= 0.3 is 0 Å². The van der Waals surface area contributed by atoms with Crippen LogP contribution in [-0.2, 0) is 6.54 Å². The molecular weight excluding hydrogens is 280 g/mol. The van der Waals surface area contributed by atoms with Gasteiger partial charge in [0.05, 0.1) is 12.7 Å². The summed E-state index contributed by atoms with van der Waals surface area (Å²) in [4.78, 5) is 1.29. The lowest BCUT2D eigenvalue weighted by Crippen LogP contribution is -2.16. The average Bonchev–Trinajstić information content (AvgIpc) is 2.55. The van der Waals surface area contributed by atoms with E-state index in [9.17, 15) is 0 Å². The molecule has 0 aromatic heterocycles. The Balaban J connectivity index is 1.75. The maximum Gasteiger partial charge on any atom is 0.136 e. The van der Waals surface area contributed by atoms with Crippen LogP contribution in [-0.4, -0.2) is 19.4 Å². The predicted molar refractivity (Wildman–Crippen MR) is 86.6 cm³/mol. The van der Waals surface area contributed by atoms with Gasteiger partial charge in [0, 0.05) is 23.7 Å². The van der Waals surface area contributed by atoms with Gasteiger partial charge in [0.25, 0.3) is 0 Å². The van der Waals surface area contributed by atoms with E-state index in [0.29, 0.717) is 11.3 Å². The Kier molecular flexibility index (Phi) is 6.14. The first-order valence-corrected chi connectivity index (χ1v) is 7.77. The molecule has 3 nitrogen and oxygen atoms in total. The summed E-state index contributed by atoms with van der Waals surface area (Å²) in [6, 6.07) is 18.2. The first-order valence-electron chi connectivity index (χ1n) is 6.79. The smallest absolute Gasteiger partial charge is 0.136 e. The maximum absolute atomic E-state index is 9.06. The third-order valence-electron chi connectivity index (χ3n) is 3.00. The largest absolute Gasteiger partial charge is 0.495 e. The second-order valence-electron chi connectivity index (χ2n) is 4.48. The Morgan fingerprint density at radius 2 is 2.00 bits per heavy atom. The van der Waals surface area contributed by atoms with Crippen molar-refractivity contribution in [3.8, 4) is 11.8 Å². The number of nitriles is 1. The lowest BCUT2D eigenvalue weighted by atomic mass is 10.1. The molecule has 1 N–H and O–H groups in total. The van der Waals surface area contributed by atoms with E-state index in [-0.39, 0.29) is 0 Å². The van der Waals surface area contributed by atoms with Gasteiger partial charge in [-0.1, -0.05) is 24.3 Å². The summed E-state index contributed by atoms with van der Waals surface area (Å²) in [5.41, 5.74) is 1.67. The van der Waals surface area contributed by atoms with Gasteiger partial charge in [-0.05, 0) is 29.8 Å². The second-order valence-corrected chi connectivity index (χ2v) is 5.65. The molecule has 0 aliphatic carbocycles. The van der Waals surface area contributed by atoms with Crippen molar-refractivity contribution in [2.45, 2.75) is 11.4 Å². The fourth-order valence-electron chi connectivity index (χ4n) is 1.94. The Labute approximate surface area is 129 Å². The molecule has 0 unspecified atom stereocenters. The van der Waals surface area contributed by atoms with Crippen LogP contribution >= 0.6 is 11.8 Å². The number of hydrogen-bond acceptors (Lipinski definition) is 4. The molecule has 0 bridgehead atoms. The first kappa shape index (κ1) is 15.4. The Hall–Kier alpha value is -1.96. The van der Waals surface area contributed by atoms with Crippen LogP contribution in [0.5, 0.6) is 5.75 Å². The van der Waals surface area contributed by atoms with Crippen LogP contribution in [0, 0.1) is 11.3 Å². The van der Waals surface area contributed by atoms with Crippen LogP contribution in [0.1, 0.15) is 11.1 Å². The molecule has 0 saturated heterocycles. The van der Waals surface area contributed by atoms with Gasteiger partial charge in [-0.25, -0.2) is 0 Å². The number of benzene rings is 2. The van der Waals surface area contributed by atoms with Gasteiger partial charge < -0.3 is 10.1 Å². The molecule has 21 heavy (non-hydrogen) atoms. The number of hydrogen-bond donors (Lipinski definition) is 1. The van der Waals surface area contributed by atoms with E-state index in [1.54, 1.807) is 7.11 Å². The van der Waals surface area contributed by atoms with Crippen molar-refractivity contribution in [3.05, 3.63) is 59.7 Å². The van der Waals surface area contributed by atoms with Crippen molar-refractivity contribution in [2.75, 3.05) is 19.4 Å². The van der Waals surface area contributed by atoms with Crippen molar-refractivity contribution in [3.63, 3.8) is 0 Å². The molecule has 0 fully saturated rings. The minimum atomic E-state index is 0.579. The van der Waals surface area contributed by atoms with Crippen molar-refractivity contribution >= 4 is 11.8 Å². The molecular formula is C17H18N2OS. The molecule has 2 rings (SSSR count). The molecule has 0 saturated carbocycles. The van der Waals surface area contributed by atoms with Gasteiger partial charge in [0.15, 0.2) is 0 Å². The molecule has 108 valence electrons. The SMILES string of the molecule is COc1ccc(CNCCSc2ccccc2)cc1C#N. The number of thioether (sulfide) groups is 1. The highest BCUT2D eigenvalue weighted by atomic mass is 32.2. The summed E-state index contributed by atoms with van der Waals surface area (Å²) in [5.74, 6) is 1.64. The first-order chi connectivity index (χ1) is 10.3. The number of methoxy groups -OCH3 is 1.